The van der Waals surface area contributed by atoms with Crippen molar-refractivity contribution in [1.29, 1.82) is 0 Å². The number of carbonyl (C=O) groups is 1. The van der Waals surface area contributed by atoms with Crippen LogP contribution in [-0.4, -0.2) is 42.0 Å². The number of amides is 1. The summed E-state index contributed by atoms with van der Waals surface area (Å²) in [4.78, 5) is 20.3. The van der Waals surface area contributed by atoms with Gasteiger partial charge < -0.3 is 15.4 Å². The zero-order chi connectivity index (χ0) is 22.9. The lowest BCUT2D eigenvalue weighted by molar-refractivity contribution is 0.223. The van der Waals surface area contributed by atoms with Gasteiger partial charge in [0.1, 0.15) is 11.8 Å². The fraction of sp³-hybridized carbons (Fsp3) is 0.240. The lowest BCUT2D eigenvalue weighted by Gasteiger charge is -2.13. The molecule has 4 heterocycles. The van der Waals surface area contributed by atoms with Gasteiger partial charge in [0.05, 0.1) is 11.7 Å². The molecule has 0 saturated carbocycles. The van der Waals surface area contributed by atoms with Gasteiger partial charge in [0.25, 0.3) is 0 Å². The summed E-state index contributed by atoms with van der Waals surface area (Å²) in [5, 5.41) is 20.2. The third-order valence-electron chi connectivity index (χ3n) is 5.98. The van der Waals surface area contributed by atoms with Crippen molar-refractivity contribution in [3.8, 4) is 11.1 Å². The first-order chi connectivity index (χ1) is 16.1. The molecule has 1 amide bonds. The predicted octanol–water partition coefficient (Wildman–Crippen LogP) is 4.36. The average molecular weight is 443 g/mol. The molecule has 0 aliphatic rings. The lowest BCUT2D eigenvalue weighted by Crippen LogP contribution is -2.28. The average Bonchev–Trinajstić information content (AvgIpc) is 3.56. The molecule has 0 aliphatic carbocycles. The highest BCUT2D eigenvalue weighted by Crippen LogP contribution is 2.34. The van der Waals surface area contributed by atoms with Crippen molar-refractivity contribution < 1.29 is 9.90 Å². The van der Waals surface area contributed by atoms with E-state index in [9.17, 15) is 9.90 Å². The first-order valence-corrected chi connectivity index (χ1v) is 11.1. The molecule has 8 nitrogen and oxygen atoms in total. The van der Waals surface area contributed by atoms with Crippen molar-refractivity contribution in [1.82, 2.24) is 29.6 Å². The van der Waals surface area contributed by atoms with E-state index in [1.165, 1.54) is 0 Å². The number of hydrogen-bond donors (Lipinski definition) is 3. The second kappa shape index (κ2) is 8.55. The molecule has 4 aromatic heterocycles. The smallest absolute Gasteiger partial charge is 0.326 e. The molecule has 1 aromatic carbocycles. The first kappa shape index (κ1) is 21.0. The summed E-state index contributed by atoms with van der Waals surface area (Å²) in [5.74, 6) is 0. The minimum Gasteiger partial charge on any atom is -0.384 e. The molecule has 5 aromatic rings. The van der Waals surface area contributed by atoms with Gasteiger partial charge in [-0.1, -0.05) is 25.5 Å². The monoisotopic (exact) mass is 442 g/mol. The summed E-state index contributed by atoms with van der Waals surface area (Å²) >= 11 is 0. The second-order valence-electron chi connectivity index (χ2n) is 8.22. The second-order valence-corrected chi connectivity index (χ2v) is 8.22. The standard InChI is InChI=1S/C25H26N6O2/c1-3-4-9-26-25(33)31-10-8-18-19(6-5-7-22(18)31)23(32)21-14-28-24-20(21)11-16(12-27-24)17-13-29-30(2)15-17/h5-8,10-15,23,32H,3-4,9H2,1-2H3,(H,26,33)(H,27,28). The molecule has 3 N–H and O–H groups in total. The Balaban J connectivity index is 1.52. The largest absolute Gasteiger partial charge is 0.384 e. The molecule has 0 bridgehead atoms. The Hall–Kier alpha value is -3.91. The van der Waals surface area contributed by atoms with Crippen LogP contribution in [0.3, 0.4) is 0 Å². The number of aryl methyl sites for hydroxylation is 1. The van der Waals surface area contributed by atoms with Crippen LogP contribution in [0.2, 0.25) is 0 Å². The lowest BCUT2D eigenvalue weighted by atomic mass is 9.98. The molecule has 8 heteroatoms. The fourth-order valence-corrected chi connectivity index (χ4v) is 4.21. The number of nitrogens with zero attached hydrogens (tertiary/aromatic N) is 4. The number of aromatic nitrogens is 5. The summed E-state index contributed by atoms with van der Waals surface area (Å²) in [6, 6.07) is 9.38. The number of aliphatic hydroxyl groups excluding tert-OH is 1. The molecule has 1 unspecified atom stereocenters. The van der Waals surface area contributed by atoms with Crippen molar-refractivity contribution in [2.24, 2.45) is 7.05 Å². The van der Waals surface area contributed by atoms with E-state index in [0.29, 0.717) is 12.2 Å². The van der Waals surface area contributed by atoms with Crippen molar-refractivity contribution in [2.75, 3.05) is 6.54 Å². The van der Waals surface area contributed by atoms with Gasteiger partial charge in [-0.3, -0.25) is 9.25 Å². The Morgan fingerprint density at radius 2 is 2.06 bits per heavy atom. The van der Waals surface area contributed by atoms with Gasteiger partial charge in [-0.2, -0.15) is 5.10 Å². The Morgan fingerprint density at radius 3 is 2.85 bits per heavy atom. The number of aromatic amines is 1. The predicted molar refractivity (Wildman–Crippen MR) is 128 cm³/mol. The van der Waals surface area contributed by atoms with E-state index in [1.807, 2.05) is 43.6 Å². The van der Waals surface area contributed by atoms with Crippen LogP contribution in [-0.2, 0) is 7.05 Å². The highest BCUT2D eigenvalue weighted by molar-refractivity contribution is 5.94. The molecule has 168 valence electrons. The highest BCUT2D eigenvalue weighted by Gasteiger charge is 2.20. The van der Waals surface area contributed by atoms with Gasteiger partial charge in [0.15, 0.2) is 0 Å². The molecular weight excluding hydrogens is 416 g/mol. The molecule has 0 radical (unpaired) electrons. The number of hydrogen-bond acceptors (Lipinski definition) is 4. The minimum absolute atomic E-state index is 0.164. The van der Waals surface area contributed by atoms with Gasteiger partial charge >= 0.3 is 6.03 Å². The molecule has 33 heavy (non-hydrogen) atoms. The van der Waals surface area contributed by atoms with Crippen LogP contribution < -0.4 is 5.32 Å². The number of pyridine rings is 1. The highest BCUT2D eigenvalue weighted by atomic mass is 16.3. The van der Waals surface area contributed by atoms with Crippen LogP contribution in [0, 0.1) is 0 Å². The van der Waals surface area contributed by atoms with Crippen molar-refractivity contribution >= 4 is 28.0 Å². The van der Waals surface area contributed by atoms with E-state index in [2.05, 4.69) is 27.3 Å². The summed E-state index contributed by atoms with van der Waals surface area (Å²) in [6.07, 6.45) is 10.1. The maximum atomic E-state index is 12.6. The Morgan fingerprint density at radius 1 is 1.18 bits per heavy atom. The number of rotatable bonds is 6. The van der Waals surface area contributed by atoms with E-state index in [-0.39, 0.29) is 6.03 Å². The maximum Gasteiger partial charge on any atom is 0.326 e. The zero-order valence-electron chi connectivity index (χ0n) is 18.6. The third-order valence-corrected chi connectivity index (χ3v) is 5.98. The number of carbonyl (C=O) groups excluding carboxylic acids is 1. The summed E-state index contributed by atoms with van der Waals surface area (Å²) in [6.45, 7) is 2.73. The number of aliphatic hydroxyl groups is 1. The SMILES string of the molecule is CCCCNC(=O)n1ccc2c(C(O)c3c[nH]c4ncc(-c5cnn(C)c5)cc34)cccc21. The molecule has 0 fully saturated rings. The van der Waals surface area contributed by atoms with Crippen molar-refractivity contribution in [3.63, 3.8) is 0 Å². The molecule has 0 aliphatic heterocycles. The van der Waals surface area contributed by atoms with E-state index in [0.717, 1.165) is 51.4 Å². The number of H-pyrrole nitrogens is 1. The summed E-state index contributed by atoms with van der Waals surface area (Å²) < 4.78 is 3.34. The van der Waals surface area contributed by atoms with Crippen LogP contribution in [0.5, 0.6) is 0 Å². The van der Waals surface area contributed by atoms with Gasteiger partial charge in [-0.05, 0) is 30.2 Å². The number of benzene rings is 1. The van der Waals surface area contributed by atoms with Crippen LogP contribution >= 0.6 is 0 Å². The summed E-state index contributed by atoms with van der Waals surface area (Å²) in [7, 11) is 1.87. The molecule has 5 rings (SSSR count). The minimum atomic E-state index is -0.882. The van der Waals surface area contributed by atoms with Gasteiger partial charge in [-0.15, -0.1) is 0 Å². The van der Waals surface area contributed by atoms with Crippen LogP contribution in [0.4, 0.5) is 4.79 Å². The van der Waals surface area contributed by atoms with Crippen LogP contribution in [0.25, 0.3) is 33.1 Å². The van der Waals surface area contributed by atoms with Gasteiger partial charge in [0.2, 0.25) is 0 Å². The van der Waals surface area contributed by atoms with E-state index in [1.54, 1.807) is 34.0 Å². The van der Waals surface area contributed by atoms with Gasteiger partial charge in [-0.25, -0.2) is 9.78 Å². The van der Waals surface area contributed by atoms with E-state index < -0.39 is 6.10 Å². The first-order valence-electron chi connectivity index (χ1n) is 11.1. The third kappa shape index (κ3) is 3.78. The fourth-order valence-electron chi connectivity index (χ4n) is 4.21. The Kier molecular flexibility index (Phi) is 5.43. The Labute approximate surface area is 190 Å². The number of unbranched alkanes of at least 4 members (excludes halogenated alkanes) is 1. The quantitative estimate of drug-likeness (QED) is 0.340. The maximum absolute atomic E-state index is 12.6. The summed E-state index contributed by atoms with van der Waals surface area (Å²) in [5.41, 5.74) is 4.82. The zero-order valence-corrected chi connectivity index (χ0v) is 18.6. The molecule has 0 saturated heterocycles. The Bertz CT molecular complexity index is 1440. The van der Waals surface area contributed by atoms with Crippen molar-refractivity contribution in [2.45, 2.75) is 25.9 Å². The van der Waals surface area contributed by atoms with E-state index in [4.69, 9.17) is 0 Å². The normalized spacial score (nSPS) is 12.5. The number of nitrogens with one attached hydrogen (secondary N) is 2. The van der Waals surface area contributed by atoms with Crippen LogP contribution in [0.1, 0.15) is 37.0 Å². The molecule has 1 atom stereocenters. The van der Waals surface area contributed by atoms with Crippen molar-refractivity contribution in [3.05, 3.63) is 72.4 Å². The molecule has 0 spiro atoms. The topological polar surface area (TPSA) is 101 Å². The van der Waals surface area contributed by atoms with Gasteiger partial charge in [0, 0.05) is 65.8 Å². The number of fused-ring (bicyclic) bond motifs is 2. The van der Waals surface area contributed by atoms with E-state index >= 15 is 0 Å². The van der Waals surface area contributed by atoms with Crippen LogP contribution in [0.15, 0.2) is 61.3 Å². The molecular formula is C25H26N6O2.